The zero-order valence-corrected chi connectivity index (χ0v) is 11.9. The third-order valence-corrected chi connectivity index (χ3v) is 2.85. The van der Waals surface area contributed by atoms with Gasteiger partial charge in [0.15, 0.2) is 5.78 Å². The van der Waals surface area contributed by atoms with E-state index in [9.17, 15) is 4.79 Å². The minimum atomic E-state index is -0.0313. The second-order valence-electron chi connectivity index (χ2n) is 4.52. The van der Waals surface area contributed by atoms with Gasteiger partial charge in [-0.15, -0.1) is 0 Å². The van der Waals surface area contributed by atoms with E-state index in [2.05, 4.69) is 11.8 Å². The minimum absolute atomic E-state index is 0.0313. The molecule has 2 aromatic rings. The highest BCUT2D eigenvalue weighted by molar-refractivity contribution is 5.98. The van der Waals surface area contributed by atoms with E-state index in [-0.39, 0.29) is 5.78 Å². The first-order valence-corrected chi connectivity index (χ1v) is 6.77. The fraction of sp³-hybridized carbons (Fsp3) is 0.0500. The highest BCUT2D eigenvalue weighted by Crippen LogP contribution is 2.03. The molecule has 0 spiro atoms. The van der Waals surface area contributed by atoms with Gasteiger partial charge in [0.1, 0.15) is 0 Å². The summed E-state index contributed by atoms with van der Waals surface area (Å²) in [5.74, 6) is 5.90. The maximum absolute atomic E-state index is 11.6. The number of Topliss-reactive ketones (excluding diaryl/α,β-unsaturated/α-hetero) is 1. The van der Waals surface area contributed by atoms with Crippen LogP contribution in [0.1, 0.15) is 18.1 Å². The van der Waals surface area contributed by atoms with Gasteiger partial charge < -0.3 is 0 Å². The SMILES string of the molecule is CC(=O)C(C#Cc1ccccc1)=CC=Cc1ccccc1. The third kappa shape index (κ3) is 4.97. The Kier molecular flexibility index (Phi) is 5.32. The molecule has 1 heteroatoms. The molecule has 0 unspecified atom stereocenters. The fourth-order valence-corrected chi connectivity index (χ4v) is 1.73. The lowest BCUT2D eigenvalue weighted by atomic mass is 10.1. The lowest BCUT2D eigenvalue weighted by Crippen LogP contribution is -1.92. The van der Waals surface area contributed by atoms with Crippen LogP contribution in [0.4, 0.5) is 0 Å². The van der Waals surface area contributed by atoms with Crippen LogP contribution in [0.5, 0.6) is 0 Å². The van der Waals surface area contributed by atoms with Gasteiger partial charge in [-0.1, -0.05) is 72.5 Å². The quantitative estimate of drug-likeness (QED) is 0.463. The number of rotatable bonds is 3. The first kappa shape index (κ1) is 14.6. The van der Waals surface area contributed by atoms with E-state index in [1.165, 1.54) is 6.92 Å². The molecule has 102 valence electrons. The number of hydrogen-bond donors (Lipinski definition) is 0. The van der Waals surface area contributed by atoms with E-state index < -0.39 is 0 Å². The van der Waals surface area contributed by atoms with E-state index in [0.29, 0.717) is 5.57 Å². The molecule has 0 radical (unpaired) electrons. The van der Waals surface area contributed by atoms with E-state index in [1.807, 2.05) is 72.8 Å². The predicted octanol–water partition coefficient (Wildman–Crippen LogP) is 4.27. The van der Waals surface area contributed by atoms with Crippen LogP contribution in [0.15, 0.2) is 78.4 Å². The third-order valence-electron chi connectivity index (χ3n) is 2.85. The van der Waals surface area contributed by atoms with E-state index in [0.717, 1.165) is 11.1 Å². The number of ketones is 1. The molecular weight excluding hydrogens is 256 g/mol. The molecular formula is C20H16O. The summed E-state index contributed by atoms with van der Waals surface area (Å²) in [5.41, 5.74) is 2.50. The summed E-state index contributed by atoms with van der Waals surface area (Å²) in [5, 5.41) is 0. The summed E-state index contributed by atoms with van der Waals surface area (Å²) in [6, 6.07) is 19.6. The second kappa shape index (κ2) is 7.67. The van der Waals surface area contributed by atoms with E-state index >= 15 is 0 Å². The van der Waals surface area contributed by atoms with Gasteiger partial charge in [0.2, 0.25) is 0 Å². The smallest absolute Gasteiger partial charge is 0.168 e. The Morgan fingerprint density at radius 2 is 1.57 bits per heavy atom. The van der Waals surface area contributed by atoms with Gasteiger partial charge in [0.05, 0.1) is 5.57 Å². The summed E-state index contributed by atoms with van der Waals surface area (Å²) in [6.45, 7) is 1.53. The zero-order chi connectivity index (χ0) is 14.9. The van der Waals surface area contributed by atoms with Gasteiger partial charge in [-0.25, -0.2) is 0 Å². The van der Waals surface area contributed by atoms with Crippen LogP contribution >= 0.6 is 0 Å². The molecule has 0 N–H and O–H groups in total. The van der Waals surface area contributed by atoms with Gasteiger partial charge in [-0.3, -0.25) is 4.79 Å². The molecule has 0 aliphatic heterocycles. The first-order chi connectivity index (χ1) is 10.3. The van der Waals surface area contributed by atoms with Crippen LogP contribution in [0, 0.1) is 11.8 Å². The Balaban J connectivity index is 2.16. The Labute approximate surface area is 125 Å². The molecule has 0 saturated heterocycles. The van der Waals surface area contributed by atoms with Crippen LogP contribution in [-0.2, 0) is 4.79 Å². The van der Waals surface area contributed by atoms with Crippen molar-refractivity contribution in [3.05, 3.63) is 89.5 Å². The van der Waals surface area contributed by atoms with Crippen molar-refractivity contribution in [2.45, 2.75) is 6.92 Å². The standard InChI is InChI=1S/C20H16O/c1-17(21)20(16-15-19-11-6-3-7-12-19)14-8-13-18-9-4-2-5-10-18/h2-14H,1H3. The van der Waals surface area contributed by atoms with Crippen molar-refractivity contribution in [2.75, 3.05) is 0 Å². The maximum Gasteiger partial charge on any atom is 0.168 e. The normalized spacial score (nSPS) is 11.0. The van der Waals surface area contributed by atoms with Crippen LogP contribution in [0.3, 0.4) is 0 Å². The number of carbonyl (C=O) groups excluding carboxylic acids is 1. The second-order valence-corrected chi connectivity index (χ2v) is 4.52. The number of allylic oxidation sites excluding steroid dienone is 3. The summed E-state index contributed by atoms with van der Waals surface area (Å²) >= 11 is 0. The van der Waals surface area contributed by atoms with Crippen LogP contribution in [0.25, 0.3) is 6.08 Å². The summed E-state index contributed by atoms with van der Waals surface area (Å²) < 4.78 is 0. The van der Waals surface area contributed by atoms with Gasteiger partial charge in [-0.2, -0.15) is 0 Å². The molecule has 0 fully saturated rings. The molecule has 2 rings (SSSR count). The van der Waals surface area contributed by atoms with Gasteiger partial charge in [0, 0.05) is 5.56 Å². The Morgan fingerprint density at radius 1 is 0.952 bits per heavy atom. The molecule has 0 aliphatic carbocycles. The molecule has 0 atom stereocenters. The highest BCUT2D eigenvalue weighted by atomic mass is 16.1. The monoisotopic (exact) mass is 272 g/mol. The van der Waals surface area contributed by atoms with Crippen molar-refractivity contribution in [3.63, 3.8) is 0 Å². The highest BCUT2D eigenvalue weighted by Gasteiger charge is 1.97. The predicted molar refractivity (Wildman–Crippen MR) is 87.6 cm³/mol. The largest absolute Gasteiger partial charge is 0.294 e. The summed E-state index contributed by atoms with van der Waals surface area (Å²) in [6.07, 6.45) is 5.56. The molecule has 0 saturated carbocycles. The maximum atomic E-state index is 11.6. The average molecular weight is 272 g/mol. The summed E-state index contributed by atoms with van der Waals surface area (Å²) in [4.78, 5) is 11.6. The lowest BCUT2D eigenvalue weighted by Gasteiger charge is -1.92. The fourth-order valence-electron chi connectivity index (χ4n) is 1.73. The molecule has 0 aliphatic rings. The van der Waals surface area contributed by atoms with Crippen molar-refractivity contribution < 1.29 is 4.79 Å². The van der Waals surface area contributed by atoms with Crippen LogP contribution in [-0.4, -0.2) is 5.78 Å². The van der Waals surface area contributed by atoms with Crippen molar-refractivity contribution in [1.29, 1.82) is 0 Å². The number of benzene rings is 2. The average Bonchev–Trinajstić information content (AvgIpc) is 2.52. The van der Waals surface area contributed by atoms with Crippen molar-refractivity contribution in [1.82, 2.24) is 0 Å². The minimum Gasteiger partial charge on any atom is -0.294 e. The van der Waals surface area contributed by atoms with Gasteiger partial charge in [0.25, 0.3) is 0 Å². The van der Waals surface area contributed by atoms with Gasteiger partial charge in [-0.05, 0) is 30.7 Å². The van der Waals surface area contributed by atoms with Crippen molar-refractivity contribution >= 4 is 11.9 Å². The molecule has 0 heterocycles. The molecule has 2 aromatic carbocycles. The van der Waals surface area contributed by atoms with Gasteiger partial charge >= 0.3 is 0 Å². The topological polar surface area (TPSA) is 17.1 Å². The molecule has 0 aromatic heterocycles. The molecule has 0 bridgehead atoms. The summed E-state index contributed by atoms with van der Waals surface area (Å²) in [7, 11) is 0. The van der Waals surface area contributed by atoms with E-state index in [1.54, 1.807) is 6.08 Å². The number of carbonyl (C=O) groups is 1. The van der Waals surface area contributed by atoms with Crippen LogP contribution in [0.2, 0.25) is 0 Å². The van der Waals surface area contributed by atoms with Crippen molar-refractivity contribution in [3.8, 4) is 11.8 Å². The first-order valence-electron chi connectivity index (χ1n) is 6.77. The molecule has 21 heavy (non-hydrogen) atoms. The Hall–Kier alpha value is -2.85. The van der Waals surface area contributed by atoms with E-state index in [4.69, 9.17) is 0 Å². The van der Waals surface area contributed by atoms with Crippen LogP contribution < -0.4 is 0 Å². The molecule has 0 amide bonds. The number of hydrogen-bond acceptors (Lipinski definition) is 1. The lowest BCUT2D eigenvalue weighted by molar-refractivity contribution is -0.113. The molecule has 1 nitrogen and oxygen atoms in total. The zero-order valence-electron chi connectivity index (χ0n) is 11.9. The Bertz CT molecular complexity index is 711. The van der Waals surface area contributed by atoms with Crippen molar-refractivity contribution in [2.24, 2.45) is 0 Å². The Morgan fingerprint density at radius 3 is 2.19 bits per heavy atom.